The van der Waals surface area contributed by atoms with Gasteiger partial charge in [-0.2, -0.15) is 0 Å². The average molecular weight is 766 g/mol. The van der Waals surface area contributed by atoms with Gasteiger partial charge in [0.1, 0.15) is 13.2 Å². The molecule has 0 fully saturated rings. The zero-order valence-corrected chi connectivity index (χ0v) is 35.6. The third-order valence-electron chi connectivity index (χ3n) is 9.43. The molecule has 2 atom stereocenters. The van der Waals surface area contributed by atoms with Crippen molar-refractivity contribution in [2.45, 2.75) is 200 Å². The third-order valence-corrected chi connectivity index (χ3v) is 9.43. The summed E-state index contributed by atoms with van der Waals surface area (Å²) in [4.78, 5) is 36.9. The summed E-state index contributed by atoms with van der Waals surface area (Å²) in [5.74, 6) is -2.30. The molecule has 0 N–H and O–H groups in total. The standard InChI is InChI=1S/C45H83NO8/c1-6-8-10-12-14-16-18-20-21-22-24-25-27-29-31-33-35-42(47)52-39-41(40-53-45(44(49)50)51-38-37-46(3,4)5)54-43(48)36-34-32-30-28-26-23-19-17-15-13-11-9-7-2/h11,13,17,19,41,45H,6-10,12,14-16,18,20-40H2,1-5H3/b13-11-,19-17-. The summed E-state index contributed by atoms with van der Waals surface area (Å²) in [6, 6.07) is 0. The number of hydrogen-bond donors (Lipinski definition) is 0. The van der Waals surface area contributed by atoms with Crippen LogP contribution in [0.5, 0.6) is 0 Å². The van der Waals surface area contributed by atoms with Crippen LogP contribution in [-0.2, 0) is 33.3 Å². The van der Waals surface area contributed by atoms with Crippen molar-refractivity contribution < 1.29 is 42.9 Å². The molecule has 0 aromatic carbocycles. The predicted octanol–water partition coefficient (Wildman–Crippen LogP) is 9.94. The van der Waals surface area contributed by atoms with E-state index >= 15 is 0 Å². The number of hydrogen-bond acceptors (Lipinski definition) is 8. The molecule has 2 unspecified atom stereocenters. The van der Waals surface area contributed by atoms with E-state index in [9.17, 15) is 19.5 Å². The molecule has 0 aliphatic heterocycles. The van der Waals surface area contributed by atoms with Gasteiger partial charge in [0, 0.05) is 12.8 Å². The van der Waals surface area contributed by atoms with Gasteiger partial charge in [0.15, 0.2) is 12.4 Å². The molecule has 0 aromatic rings. The van der Waals surface area contributed by atoms with Crippen LogP contribution < -0.4 is 5.11 Å². The number of carboxylic acids is 1. The number of carbonyl (C=O) groups excluding carboxylic acids is 3. The Labute approximate surface area is 331 Å². The summed E-state index contributed by atoms with van der Waals surface area (Å²) in [7, 11) is 5.90. The van der Waals surface area contributed by atoms with Gasteiger partial charge in [-0.3, -0.25) is 9.59 Å². The van der Waals surface area contributed by atoms with Gasteiger partial charge in [0.2, 0.25) is 0 Å². The van der Waals surface area contributed by atoms with Crippen LogP contribution in [0.4, 0.5) is 0 Å². The maximum atomic E-state index is 12.7. The number of aliphatic carboxylic acids is 1. The van der Waals surface area contributed by atoms with Crippen molar-refractivity contribution in [3.63, 3.8) is 0 Å². The molecule has 54 heavy (non-hydrogen) atoms. The van der Waals surface area contributed by atoms with E-state index < -0.39 is 24.3 Å². The molecular weight excluding hydrogens is 682 g/mol. The first-order valence-electron chi connectivity index (χ1n) is 22.0. The second kappa shape index (κ2) is 37.7. The number of rotatable bonds is 40. The molecule has 9 heteroatoms. The van der Waals surface area contributed by atoms with Gasteiger partial charge < -0.3 is 33.3 Å². The molecule has 0 radical (unpaired) electrons. The van der Waals surface area contributed by atoms with E-state index in [0.29, 0.717) is 23.9 Å². The highest BCUT2D eigenvalue weighted by atomic mass is 16.7. The first-order valence-corrected chi connectivity index (χ1v) is 22.0. The number of esters is 2. The van der Waals surface area contributed by atoms with Gasteiger partial charge in [-0.05, 0) is 38.5 Å². The molecule has 0 saturated carbocycles. The van der Waals surface area contributed by atoms with E-state index in [1.54, 1.807) is 0 Å². The summed E-state index contributed by atoms with van der Waals surface area (Å²) >= 11 is 0. The first-order chi connectivity index (χ1) is 26.1. The normalized spacial score (nSPS) is 13.1. The van der Waals surface area contributed by atoms with Crippen molar-refractivity contribution in [2.75, 3.05) is 47.5 Å². The summed E-state index contributed by atoms with van der Waals surface area (Å²) < 4.78 is 22.5. The van der Waals surface area contributed by atoms with Gasteiger partial charge in [0.25, 0.3) is 0 Å². The molecule has 0 aromatic heterocycles. The van der Waals surface area contributed by atoms with E-state index in [0.717, 1.165) is 64.2 Å². The maximum absolute atomic E-state index is 12.7. The Bertz CT molecular complexity index is 944. The summed E-state index contributed by atoms with van der Waals surface area (Å²) in [5, 5.41) is 11.7. The molecule has 0 saturated heterocycles. The Morgan fingerprint density at radius 3 is 1.54 bits per heavy atom. The molecule has 0 bridgehead atoms. The number of carboxylic acid groups (broad SMARTS) is 1. The highest BCUT2D eigenvalue weighted by Gasteiger charge is 2.21. The quantitative estimate of drug-likeness (QED) is 0.0199. The van der Waals surface area contributed by atoms with Crippen LogP contribution >= 0.6 is 0 Å². The van der Waals surface area contributed by atoms with E-state index in [-0.39, 0.29) is 32.2 Å². The van der Waals surface area contributed by atoms with Crippen LogP contribution in [-0.4, -0.2) is 82.3 Å². The van der Waals surface area contributed by atoms with Crippen LogP contribution in [0.2, 0.25) is 0 Å². The second-order valence-corrected chi connectivity index (χ2v) is 16.0. The topological polar surface area (TPSA) is 111 Å². The molecule has 0 amide bonds. The zero-order valence-electron chi connectivity index (χ0n) is 35.6. The van der Waals surface area contributed by atoms with Gasteiger partial charge in [0.05, 0.1) is 40.3 Å². The van der Waals surface area contributed by atoms with Crippen molar-refractivity contribution in [1.29, 1.82) is 0 Å². The fourth-order valence-electron chi connectivity index (χ4n) is 5.98. The number of ether oxygens (including phenoxy) is 4. The molecule has 0 rings (SSSR count). The zero-order chi connectivity index (χ0) is 40.0. The summed E-state index contributed by atoms with van der Waals surface area (Å²) in [6.45, 7) is 4.66. The number of allylic oxidation sites excluding steroid dienone is 4. The van der Waals surface area contributed by atoms with E-state index in [1.165, 1.54) is 89.9 Å². The van der Waals surface area contributed by atoms with Crippen molar-refractivity contribution in [3.05, 3.63) is 24.3 Å². The number of likely N-dealkylation sites (N-methyl/N-ethyl adjacent to an activating group) is 1. The largest absolute Gasteiger partial charge is 0.545 e. The minimum atomic E-state index is -1.62. The van der Waals surface area contributed by atoms with Crippen molar-refractivity contribution in [1.82, 2.24) is 0 Å². The minimum Gasteiger partial charge on any atom is -0.545 e. The predicted molar refractivity (Wildman–Crippen MR) is 219 cm³/mol. The molecule has 316 valence electrons. The number of carbonyl (C=O) groups is 3. The Morgan fingerprint density at radius 2 is 1.04 bits per heavy atom. The molecule has 9 nitrogen and oxygen atoms in total. The van der Waals surface area contributed by atoms with Gasteiger partial charge >= 0.3 is 11.9 Å². The minimum absolute atomic E-state index is 0.146. The van der Waals surface area contributed by atoms with Crippen LogP contribution in [0.15, 0.2) is 24.3 Å². The Kier molecular flexibility index (Phi) is 36.1. The lowest BCUT2D eigenvalue weighted by Gasteiger charge is -2.26. The lowest BCUT2D eigenvalue weighted by atomic mass is 10.0. The van der Waals surface area contributed by atoms with Crippen molar-refractivity contribution >= 4 is 17.9 Å². The number of nitrogens with zero attached hydrogens (tertiary/aromatic N) is 1. The van der Waals surface area contributed by atoms with Crippen LogP contribution in [0.3, 0.4) is 0 Å². The molecule has 0 heterocycles. The lowest BCUT2D eigenvalue weighted by Crippen LogP contribution is -2.44. The van der Waals surface area contributed by atoms with Gasteiger partial charge in [-0.15, -0.1) is 0 Å². The molecule has 0 spiro atoms. The number of quaternary nitrogens is 1. The maximum Gasteiger partial charge on any atom is 0.306 e. The highest BCUT2D eigenvalue weighted by molar-refractivity contribution is 5.70. The van der Waals surface area contributed by atoms with Crippen LogP contribution in [0, 0.1) is 0 Å². The SMILES string of the molecule is CCC/C=C\C/C=C\CCCCCCCC(=O)OC(COC(=O)CCCCCCCCCCCCCCCCCC)COC(OCC[N+](C)(C)C)C(=O)[O-]. The van der Waals surface area contributed by atoms with E-state index in [1.807, 2.05) is 21.1 Å². The molecule has 0 aliphatic rings. The van der Waals surface area contributed by atoms with E-state index in [4.69, 9.17) is 18.9 Å². The first kappa shape index (κ1) is 51.8. The second-order valence-electron chi connectivity index (χ2n) is 16.0. The van der Waals surface area contributed by atoms with Crippen molar-refractivity contribution in [3.8, 4) is 0 Å². The molecular formula is C45H83NO8. The van der Waals surface area contributed by atoms with Gasteiger partial charge in [-0.25, -0.2) is 0 Å². The summed E-state index contributed by atoms with van der Waals surface area (Å²) in [6.07, 6.45) is 36.3. The lowest BCUT2D eigenvalue weighted by molar-refractivity contribution is -0.870. The Balaban J connectivity index is 4.44. The molecule has 0 aliphatic carbocycles. The Hall–Kier alpha value is -2.23. The average Bonchev–Trinajstić information content (AvgIpc) is 3.12. The van der Waals surface area contributed by atoms with Crippen LogP contribution in [0.1, 0.15) is 187 Å². The fraction of sp³-hybridized carbons (Fsp3) is 0.844. The number of unbranched alkanes of at least 4 members (excludes halogenated alkanes) is 21. The fourth-order valence-corrected chi connectivity index (χ4v) is 5.98. The van der Waals surface area contributed by atoms with Gasteiger partial charge in [-0.1, -0.05) is 160 Å². The Morgan fingerprint density at radius 1 is 0.556 bits per heavy atom. The van der Waals surface area contributed by atoms with Crippen LogP contribution in [0.25, 0.3) is 0 Å². The summed E-state index contributed by atoms with van der Waals surface area (Å²) in [5.41, 5.74) is 0. The monoisotopic (exact) mass is 766 g/mol. The van der Waals surface area contributed by atoms with Crippen molar-refractivity contribution in [2.24, 2.45) is 0 Å². The third kappa shape index (κ3) is 38.1. The smallest absolute Gasteiger partial charge is 0.306 e. The van der Waals surface area contributed by atoms with E-state index in [2.05, 4.69) is 38.2 Å². The highest BCUT2D eigenvalue weighted by Crippen LogP contribution is 2.15.